The Morgan fingerprint density at radius 3 is 2.89 bits per heavy atom. The summed E-state index contributed by atoms with van der Waals surface area (Å²) in [6.45, 7) is 2.93. The van der Waals surface area contributed by atoms with Crippen molar-refractivity contribution in [3.05, 3.63) is 64.7 Å². The number of halogens is 1. The fraction of sp³-hybridized carbons (Fsp3) is 0.294. The lowest BCUT2D eigenvalue weighted by Crippen LogP contribution is -1.98. The normalized spacial score (nSPS) is 14.8. The molecule has 1 nitrogen and oxygen atoms in total. The first-order chi connectivity index (χ1) is 9.24. The summed E-state index contributed by atoms with van der Waals surface area (Å²) in [5.41, 5.74) is 5.10. The minimum absolute atomic E-state index is 0.0204. The lowest BCUT2D eigenvalue weighted by molar-refractivity contribution is 0.357. The standard InChI is InChI=1S/C17H17ClO/c1-12-4-2-3-5-13(12)11-16(18)14-6-7-17-15(10-14)8-9-19-17/h2-7,10,16H,8-9,11H2,1H3. The van der Waals surface area contributed by atoms with Crippen molar-refractivity contribution in [3.63, 3.8) is 0 Å². The van der Waals surface area contributed by atoms with Crippen molar-refractivity contribution in [1.29, 1.82) is 0 Å². The van der Waals surface area contributed by atoms with Gasteiger partial charge in [-0.25, -0.2) is 0 Å². The molecule has 1 aliphatic rings. The predicted molar refractivity (Wildman–Crippen MR) is 79.1 cm³/mol. The van der Waals surface area contributed by atoms with Crippen LogP contribution >= 0.6 is 11.6 Å². The number of rotatable bonds is 3. The summed E-state index contributed by atoms with van der Waals surface area (Å²) < 4.78 is 5.53. The first-order valence-electron chi connectivity index (χ1n) is 6.68. The minimum Gasteiger partial charge on any atom is -0.493 e. The first kappa shape index (κ1) is 12.6. The second-order valence-electron chi connectivity index (χ2n) is 5.06. The Labute approximate surface area is 119 Å². The number of hydrogen-bond donors (Lipinski definition) is 0. The summed E-state index contributed by atoms with van der Waals surface area (Å²) in [5.74, 6) is 1.02. The fourth-order valence-electron chi connectivity index (χ4n) is 2.55. The lowest BCUT2D eigenvalue weighted by Gasteiger charge is -2.13. The zero-order valence-electron chi connectivity index (χ0n) is 11.0. The highest BCUT2D eigenvalue weighted by atomic mass is 35.5. The Balaban J connectivity index is 1.81. The van der Waals surface area contributed by atoms with Gasteiger partial charge in [-0.1, -0.05) is 36.4 Å². The average Bonchev–Trinajstić information content (AvgIpc) is 2.88. The minimum atomic E-state index is 0.0204. The van der Waals surface area contributed by atoms with E-state index in [1.165, 1.54) is 22.3 Å². The van der Waals surface area contributed by atoms with Crippen molar-refractivity contribution in [2.24, 2.45) is 0 Å². The molecule has 1 aliphatic heterocycles. The van der Waals surface area contributed by atoms with E-state index in [0.717, 1.165) is 25.2 Å². The van der Waals surface area contributed by atoms with Gasteiger partial charge in [0.05, 0.1) is 12.0 Å². The van der Waals surface area contributed by atoms with Gasteiger partial charge in [-0.15, -0.1) is 11.6 Å². The molecule has 0 N–H and O–H groups in total. The van der Waals surface area contributed by atoms with E-state index >= 15 is 0 Å². The maximum Gasteiger partial charge on any atom is 0.122 e. The summed E-state index contributed by atoms with van der Waals surface area (Å²) in [6.07, 6.45) is 1.87. The molecule has 0 spiro atoms. The third kappa shape index (κ3) is 2.62. The van der Waals surface area contributed by atoms with Gasteiger partial charge in [0.1, 0.15) is 5.75 Å². The average molecular weight is 273 g/mol. The lowest BCUT2D eigenvalue weighted by atomic mass is 9.98. The van der Waals surface area contributed by atoms with E-state index in [1.54, 1.807) is 0 Å². The van der Waals surface area contributed by atoms with Gasteiger partial charge in [-0.05, 0) is 41.7 Å². The molecule has 1 atom stereocenters. The highest BCUT2D eigenvalue weighted by Crippen LogP contribution is 2.32. The monoisotopic (exact) mass is 272 g/mol. The molecule has 0 radical (unpaired) electrons. The van der Waals surface area contributed by atoms with Crippen LogP contribution in [0.25, 0.3) is 0 Å². The van der Waals surface area contributed by atoms with Gasteiger partial charge >= 0.3 is 0 Å². The molecule has 0 saturated carbocycles. The van der Waals surface area contributed by atoms with Crippen LogP contribution in [0.15, 0.2) is 42.5 Å². The van der Waals surface area contributed by atoms with Crippen molar-refractivity contribution in [3.8, 4) is 5.75 Å². The van der Waals surface area contributed by atoms with Gasteiger partial charge in [-0.2, -0.15) is 0 Å². The van der Waals surface area contributed by atoms with Crippen LogP contribution in [0.1, 0.15) is 27.6 Å². The predicted octanol–water partition coefficient (Wildman–Crippen LogP) is 4.45. The number of fused-ring (bicyclic) bond motifs is 1. The summed E-state index contributed by atoms with van der Waals surface area (Å²) in [5, 5.41) is 0.0204. The summed E-state index contributed by atoms with van der Waals surface area (Å²) in [7, 11) is 0. The molecular formula is C17H17ClO. The molecule has 2 aromatic rings. The largest absolute Gasteiger partial charge is 0.493 e. The SMILES string of the molecule is Cc1ccccc1CC(Cl)c1ccc2c(c1)CCO2. The van der Waals surface area contributed by atoms with Gasteiger partial charge < -0.3 is 4.74 Å². The van der Waals surface area contributed by atoms with Crippen LogP contribution < -0.4 is 4.74 Å². The number of alkyl halides is 1. The molecule has 1 heterocycles. The van der Waals surface area contributed by atoms with E-state index in [2.05, 4.69) is 43.3 Å². The van der Waals surface area contributed by atoms with Crippen LogP contribution in [0.5, 0.6) is 5.75 Å². The van der Waals surface area contributed by atoms with E-state index in [9.17, 15) is 0 Å². The molecule has 98 valence electrons. The van der Waals surface area contributed by atoms with Crippen molar-refractivity contribution < 1.29 is 4.74 Å². The van der Waals surface area contributed by atoms with Gasteiger partial charge in [0.15, 0.2) is 0 Å². The van der Waals surface area contributed by atoms with Crippen LogP contribution in [0.4, 0.5) is 0 Å². The van der Waals surface area contributed by atoms with Gasteiger partial charge in [-0.3, -0.25) is 0 Å². The van der Waals surface area contributed by atoms with Crippen LogP contribution in [0.2, 0.25) is 0 Å². The Kier molecular flexibility index (Phi) is 3.48. The van der Waals surface area contributed by atoms with Gasteiger partial charge in [0.2, 0.25) is 0 Å². The van der Waals surface area contributed by atoms with Crippen molar-refractivity contribution in [1.82, 2.24) is 0 Å². The van der Waals surface area contributed by atoms with E-state index in [-0.39, 0.29) is 5.38 Å². The quantitative estimate of drug-likeness (QED) is 0.750. The molecule has 0 aliphatic carbocycles. The molecule has 1 unspecified atom stereocenters. The topological polar surface area (TPSA) is 9.23 Å². The molecule has 0 amide bonds. The number of hydrogen-bond acceptors (Lipinski definition) is 1. The zero-order chi connectivity index (χ0) is 13.2. The maximum absolute atomic E-state index is 6.57. The molecule has 2 heteroatoms. The van der Waals surface area contributed by atoms with Crippen molar-refractivity contribution in [2.45, 2.75) is 25.1 Å². The highest BCUT2D eigenvalue weighted by molar-refractivity contribution is 6.21. The third-order valence-electron chi connectivity index (χ3n) is 3.74. The molecular weight excluding hydrogens is 256 g/mol. The molecule has 2 aromatic carbocycles. The van der Waals surface area contributed by atoms with Crippen molar-refractivity contribution in [2.75, 3.05) is 6.61 Å². The fourth-order valence-corrected chi connectivity index (χ4v) is 2.85. The van der Waals surface area contributed by atoms with E-state index < -0.39 is 0 Å². The number of aryl methyl sites for hydroxylation is 1. The van der Waals surface area contributed by atoms with E-state index in [4.69, 9.17) is 16.3 Å². The molecule has 19 heavy (non-hydrogen) atoms. The molecule has 0 fully saturated rings. The zero-order valence-corrected chi connectivity index (χ0v) is 11.8. The van der Waals surface area contributed by atoms with Crippen LogP contribution in [-0.4, -0.2) is 6.61 Å². The third-order valence-corrected chi connectivity index (χ3v) is 4.14. The van der Waals surface area contributed by atoms with Gasteiger partial charge in [0, 0.05) is 6.42 Å². The summed E-state index contributed by atoms with van der Waals surface area (Å²) >= 11 is 6.57. The molecule has 3 rings (SSSR count). The first-order valence-corrected chi connectivity index (χ1v) is 7.12. The highest BCUT2D eigenvalue weighted by Gasteiger charge is 2.16. The Hall–Kier alpha value is -1.47. The molecule has 0 aromatic heterocycles. The number of ether oxygens (including phenoxy) is 1. The number of benzene rings is 2. The molecule has 0 saturated heterocycles. The maximum atomic E-state index is 6.57. The van der Waals surface area contributed by atoms with Crippen LogP contribution in [0, 0.1) is 6.92 Å². The van der Waals surface area contributed by atoms with Crippen LogP contribution in [0.3, 0.4) is 0 Å². The molecule has 0 bridgehead atoms. The van der Waals surface area contributed by atoms with Crippen LogP contribution in [-0.2, 0) is 12.8 Å². The Bertz CT molecular complexity index is 592. The smallest absolute Gasteiger partial charge is 0.122 e. The van der Waals surface area contributed by atoms with Crippen molar-refractivity contribution >= 4 is 11.6 Å². The summed E-state index contributed by atoms with van der Waals surface area (Å²) in [6, 6.07) is 14.7. The second kappa shape index (κ2) is 5.26. The van der Waals surface area contributed by atoms with E-state index in [0.29, 0.717) is 0 Å². The Morgan fingerprint density at radius 1 is 1.21 bits per heavy atom. The second-order valence-corrected chi connectivity index (χ2v) is 5.59. The van der Waals surface area contributed by atoms with E-state index in [1.807, 2.05) is 6.07 Å². The van der Waals surface area contributed by atoms with Gasteiger partial charge in [0.25, 0.3) is 0 Å². The summed E-state index contributed by atoms with van der Waals surface area (Å²) in [4.78, 5) is 0. The Morgan fingerprint density at radius 2 is 2.05 bits per heavy atom.